The van der Waals surface area contributed by atoms with E-state index in [0.717, 1.165) is 11.0 Å². The van der Waals surface area contributed by atoms with E-state index in [4.69, 9.17) is 0 Å². The fourth-order valence-electron chi connectivity index (χ4n) is 2.50. The monoisotopic (exact) mass is 346 g/mol. The van der Waals surface area contributed by atoms with Gasteiger partial charge in [0, 0.05) is 23.1 Å². The minimum Gasteiger partial charge on any atom is -0.308 e. The summed E-state index contributed by atoms with van der Waals surface area (Å²) in [5.74, 6) is 0. The maximum absolute atomic E-state index is 3.65. The van der Waals surface area contributed by atoms with Gasteiger partial charge < -0.3 is 10.2 Å². The lowest BCUT2D eigenvalue weighted by Crippen LogP contribution is -2.32. The summed E-state index contributed by atoms with van der Waals surface area (Å²) in [4.78, 5) is 2.26. The van der Waals surface area contributed by atoms with E-state index in [-0.39, 0.29) is 0 Å². The number of hydrogen-bond acceptors (Lipinski definition) is 2. The number of halogens is 1. The molecule has 0 radical (unpaired) electrons. The van der Waals surface area contributed by atoms with Crippen molar-refractivity contribution in [3.8, 4) is 0 Å². The van der Waals surface area contributed by atoms with E-state index in [2.05, 4.69) is 95.7 Å². The van der Waals surface area contributed by atoms with Gasteiger partial charge in [0.15, 0.2) is 0 Å². The second-order valence-corrected chi connectivity index (χ2v) is 6.40. The van der Waals surface area contributed by atoms with Gasteiger partial charge in [-0.05, 0) is 38.2 Å². The largest absolute Gasteiger partial charge is 0.308 e. The molecule has 1 N–H and O–H groups in total. The molecule has 2 aromatic carbocycles. The zero-order valence-corrected chi connectivity index (χ0v) is 14.5. The Labute approximate surface area is 136 Å². The fraction of sp³-hybridized carbons (Fsp3) is 0.333. The Balaban J connectivity index is 2.04. The summed E-state index contributed by atoms with van der Waals surface area (Å²) in [5.41, 5.74) is 2.64. The number of nitrogens with zero attached hydrogens (tertiary/aromatic N) is 1. The summed E-state index contributed by atoms with van der Waals surface area (Å²) < 4.78 is 1.16. The molecule has 0 fully saturated rings. The summed E-state index contributed by atoms with van der Waals surface area (Å²) >= 11 is 3.63. The van der Waals surface area contributed by atoms with Gasteiger partial charge in [-0.25, -0.2) is 0 Å². The Kier molecular flexibility index (Phi) is 5.97. The molecule has 0 amide bonds. The SMILES string of the molecule is CC(NCC(c1ccccc1)N(C)C)c1ccccc1Br. The van der Waals surface area contributed by atoms with Crippen LogP contribution in [0.25, 0.3) is 0 Å². The molecule has 0 bridgehead atoms. The van der Waals surface area contributed by atoms with E-state index >= 15 is 0 Å². The first-order valence-corrected chi connectivity index (χ1v) is 8.08. The second-order valence-electron chi connectivity index (χ2n) is 5.54. The van der Waals surface area contributed by atoms with Crippen LogP contribution >= 0.6 is 15.9 Å². The van der Waals surface area contributed by atoms with E-state index in [1.165, 1.54) is 11.1 Å². The molecule has 112 valence electrons. The minimum atomic E-state index is 0.312. The molecule has 21 heavy (non-hydrogen) atoms. The fourth-order valence-corrected chi connectivity index (χ4v) is 3.13. The third kappa shape index (κ3) is 4.40. The van der Waals surface area contributed by atoms with Crippen molar-refractivity contribution in [2.45, 2.75) is 19.0 Å². The lowest BCUT2D eigenvalue weighted by molar-refractivity contribution is 0.281. The molecule has 0 aromatic heterocycles. The Morgan fingerprint density at radius 2 is 1.62 bits per heavy atom. The molecule has 2 nitrogen and oxygen atoms in total. The van der Waals surface area contributed by atoms with Gasteiger partial charge in [-0.1, -0.05) is 64.5 Å². The molecule has 0 aliphatic rings. The van der Waals surface area contributed by atoms with E-state index in [1.807, 2.05) is 6.07 Å². The van der Waals surface area contributed by atoms with Gasteiger partial charge in [0.25, 0.3) is 0 Å². The number of likely N-dealkylation sites (N-methyl/N-ethyl adjacent to an activating group) is 1. The molecule has 0 saturated carbocycles. The highest BCUT2D eigenvalue weighted by Gasteiger charge is 2.16. The van der Waals surface area contributed by atoms with Crippen LogP contribution in [0.15, 0.2) is 59.1 Å². The van der Waals surface area contributed by atoms with E-state index in [0.29, 0.717) is 12.1 Å². The average molecular weight is 347 g/mol. The number of benzene rings is 2. The van der Waals surface area contributed by atoms with E-state index in [1.54, 1.807) is 0 Å². The van der Waals surface area contributed by atoms with Crippen molar-refractivity contribution in [2.24, 2.45) is 0 Å². The second kappa shape index (κ2) is 7.74. The molecular formula is C18H23BrN2. The lowest BCUT2D eigenvalue weighted by atomic mass is 10.0. The highest BCUT2D eigenvalue weighted by Crippen LogP contribution is 2.24. The third-order valence-corrected chi connectivity index (χ3v) is 4.52. The van der Waals surface area contributed by atoms with Gasteiger partial charge >= 0.3 is 0 Å². The molecule has 2 unspecified atom stereocenters. The van der Waals surface area contributed by atoms with Crippen molar-refractivity contribution in [1.82, 2.24) is 10.2 Å². The first-order chi connectivity index (χ1) is 10.1. The van der Waals surface area contributed by atoms with Crippen LogP contribution in [0.4, 0.5) is 0 Å². The minimum absolute atomic E-state index is 0.312. The van der Waals surface area contributed by atoms with Crippen LogP contribution in [0.3, 0.4) is 0 Å². The highest BCUT2D eigenvalue weighted by atomic mass is 79.9. The zero-order valence-electron chi connectivity index (χ0n) is 12.9. The summed E-state index contributed by atoms with van der Waals surface area (Å²) in [6.07, 6.45) is 0. The molecule has 2 aromatic rings. The molecule has 2 rings (SSSR count). The maximum atomic E-state index is 3.65. The van der Waals surface area contributed by atoms with Crippen molar-refractivity contribution in [3.63, 3.8) is 0 Å². The standard InChI is InChI=1S/C18H23BrN2/c1-14(16-11-7-8-12-17(16)19)20-13-18(21(2)3)15-9-5-4-6-10-15/h4-12,14,18,20H,13H2,1-3H3. The van der Waals surface area contributed by atoms with Crippen LogP contribution in [-0.4, -0.2) is 25.5 Å². The lowest BCUT2D eigenvalue weighted by Gasteiger charge is -2.27. The first-order valence-electron chi connectivity index (χ1n) is 7.28. The summed E-state index contributed by atoms with van der Waals surface area (Å²) in [7, 11) is 4.25. The smallest absolute Gasteiger partial charge is 0.0467 e. The van der Waals surface area contributed by atoms with Gasteiger partial charge in [-0.3, -0.25) is 0 Å². The average Bonchev–Trinajstić information content (AvgIpc) is 2.48. The van der Waals surface area contributed by atoms with Gasteiger partial charge in [-0.15, -0.1) is 0 Å². The quantitative estimate of drug-likeness (QED) is 0.833. The predicted molar refractivity (Wildman–Crippen MR) is 93.4 cm³/mol. The molecule has 0 aliphatic heterocycles. The Bertz CT molecular complexity index is 554. The Morgan fingerprint density at radius 3 is 2.24 bits per heavy atom. The van der Waals surface area contributed by atoms with Crippen molar-refractivity contribution in [3.05, 3.63) is 70.2 Å². The van der Waals surface area contributed by atoms with Crippen molar-refractivity contribution in [1.29, 1.82) is 0 Å². The first kappa shape index (κ1) is 16.2. The van der Waals surface area contributed by atoms with Crippen molar-refractivity contribution in [2.75, 3.05) is 20.6 Å². The van der Waals surface area contributed by atoms with Gasteiger partial charge in [0.1, 0.15) is 0 Å². The molecule has 0 aliphatic carbocycles. The van der Waals surface area contributed by atoms with Crippen LogP contribution in [0.2, 0.25) is 0 Å². The molecular weight excluding hydrogens is 324 g/mol. The predicted octanol–water partition coefficient (Wildman–Crippen LogP) is 4.40. The van der Waals surface area contributed by atoms with Crippen molar-refractivity contribution < 1.29 is 0 Å². The molecule has 0 saturated heterocycles. The molecule has 0 spiro atoms. The maximum Gasteiger partial charge on any atom is 0.0467 e. The summed E-state index contributed by atoms with van der Waals surface area (Å²) in [6.45, 7) is 3.12. The molecule has 0 heterocycles. The highest BCUT2D eigenvalue weighted by molar-refractivity contribution is 9.10. The van der Waals surface area contributed by atoms with Crippen LogP contribution in [0.5, 0.6) is 0 Å². The molecule has 2 atom stereocenters. The number of rotatable bonds is 6. The third-order valence-electron chi connectivity index (χ3n) is 3.80. The topological polar surface area (TPSA) is 15.3 Å². The zero-order chi connectivity index (χ0) is 15.2. The van der Waals surface area contributed by atoms with Gasteiger partial charge in [-0.2, -0.15) is 0 Å². The van der Waals surface area contributed by atoms with Crippen LogP contribution in [0.1, 0.15) is 30.1 Å². The van der Waals surface area contributed by atoms with Gasteiger partial charge in [0.05, 0.1) is 0 Å². The van der Waals surface area contributed by atoms with Gasteiger partial charge in [0.2, 0.25) is 0 Å². The summed E-state index contributed by atoms with van der Waals surface area (Å²) in [6, 6.07) is 19.7. The summed E-state index contributed by atoms with van der Waals surface area (Å²) in [5, 5.41) is 3.65. The van der Waals surface area contributed by atoms with Crippen LogP contribution in [-0.2, 0) is 0 Å². The van der Waals surface area contributed by atoms with Crippen LogP contribution < -0.4 is 5.32 Å². The Morgan fingerprint density at radius 1 is 1.00 bits per heavy atom. The molecule has 3 heteroatoms. The van der Waals surface area contributed by atoms with Crippen molar-refractivity contribution >= 4 is 15.9 Å². The number of hydrogen-bond donors (Lipinski definition) is 1. The van der Waals surface area contributed by atoms with Crippen LogP contribution in [0, 0.1) is 0 Å². The number of nitrogens with one attached hydrogen (secondary N) is 1. The van der Waals surface area contributed by atoms with E-state index in [9.17, 15) is 0 Å². The Hall–Kier alpha value is -1.16. The normalized spacial score (nSPS) is 14.1. The van der Waals surface area contributed by atoms with E-state index < -0.39 is 0 Å².